The summed E-state index contributed by atoms with van der Waals surface area (Å²) in [6, 6.07) is 20.2. The number of phenols is 1. The fourth-order valence-electron chi connectivity index (χ4n) is 3.76. The highest BCUT2D eigenvalue weighted by atomic mass is 79.9. The van der Waals surface area contributed by atoms with Gasteiger partial charge in [0.2, 0.25) is 0 Å². The van der Waals surface area contributed by atoms with Gasteiger partial charge in [0.05, 0.1) is 16.6 Å². The molecular formula is C22H16BBrN2O. The Morgan fingerprint density at radius 1 is 0.926 bits per heavy atom. The molecule has 0 bridgehead atoms. The first-order valence-electron chi connectivity index (χ1n) is 8.97. The van der Waals surface area contributed by atoms with Crippen molar-refractivity contribution in [1.82, 2.24) is 9.97 Å². The van der Waals surface area contributed by atoms with E-state index in [1.165, 1.54) is 16.2 Å². The number of aromatic amines is 1. The Labute approximate surface area is 165 Å². The highest BCUT2D eigenvalue weighted by Crippen LogP contribution is 2.37. The topological polar surface area (TPSA) is 48.9 Å². The number of nitrogens with zero attached hydrogens (tertiary/aromatic N) is 1. The predicted octanol–water partition coefficient (Wildman–Crippen LogP) is 5.11. The molecule has 2 N–H and O–H groups in total. The van der Waals surface area contributed by atoms with Crippen LogP contribution in [0, 0.1) is 0 Å². The van der Waals surface area contributed by atoms with E-state index in [1.54, 1.807) is 6.07 Å². The summed E-state index contributed by atoms with van der Waals surface area (Å²) in [6.45, 7) is 2.16. The Kier molecular flexibility index (Phi) is 3.72. The second-order valence-electron chi connectivity index (χ2n) is 6.75. The lowest BCUT2D eigenvalue weighted by Crippen LogP contribution is -2.09. The molecule has 0 atom stereocenters. The molecule has 1 aromatic heterocycles. The van der Waals surface area contributed by atoms with Crippen LogP contribution >= 0.6 is 15.9 Å². The number of H-pyrrole nitrogens is 1. The molecule has 0 aliphatic rings. The lowest BCUT2D eigenvalue weighted by atomic mass is 9.72. The number of phenolic OH excluding ortho intramolecular Hbond substituents is 1. The predicted molar refractivity (Wildman–Crippen MR) is 119 cm³/mol. The molecule has 0 saturated heterocycles. The highest BCUT2D eigenvalue weighted by molar-refractivity contribution is 9.10. The van der Waals surface area contributed by atoms with E-state index in [0.717, 1.165) is 33.6 Å². The van der Waals surface area contributed by atoms with Crippen molar-refractivity contribution in [3.63, 3.8) is 0 Å². The molecule has 0 radical (unpaired) electrons. The molecule has 3 nitrogen and oxygen atoms in total. The molecule has 1 heterocycles. The third-order valence-electron chi connectivity index (χ3n) is 5.15. The van der Waals surface area contributed by atoms with Crippen LogP contribution in [0.25, 0.3) is 44.0 Å². The summed E-state index contributed by atoms with van der Waals surface area (Å²) in [5.41, 5.74) is 3.92. The SMILES string of the molecule is CBc1ccc2c3ccc(Br)cc3c3nc(-c4ccccc4O)[nH]c3c2c1. The normalized spacial score (nSPS) is 11.5. The van der Waals surface area contributed by atoms with Crippen molar-refractivity contribution in [2.24, 2.45) is 0 Å². The third-order valence-corrected chi connectivity index (χ3v) is 5.64. The molecule has 0 fully saturated rings. The summed E-state index contributed by atoms with van der Waals surface area (Å²) in [5, 5.41) is 14.9. The lowest BCUT2D eigenvalue weighted by Gasteiger charge is -2.08. The largest absolute Gasteiger partial charge is 0.507 e. The molecule has 5 aromatic rings. The van der Waals surface area contributed by atoms with E-state index in [9.17, 15) is 5.11 Å². The summed E-state index contributed by atoms with van der Waals surface area (Å²) in [5.74, 6) is 0.902. The quantitative estimate of drug-likeness (QED) is 0.311. The molecular weight excluding hydrogens is 399 g/mol. The first-order chi connectivity index (χ1) is 13.2. The van der Waals surface area contributed by atoms with Gasteiger partial charge in [-0.1, -0.05) is 64.6 Å². The maximum Gasteiger partial charge on any atom is 0.154 e. The van der Waals surface area contributed by atoms with Gasteiger partial charge in [-0.15, -0.1) is 0 Å². The van der Waals surface area contributed by atoms with E-state index in [2.05, 4.69) is 64.1 Å². The average molecular weight is 415 g/mol. The number of imidazole rings is 1. The van der Waals surface area contributed by atoms with Gasteiger partial charge in [0.1, 0.15) is 11.6 Å². The van der Waals surface area contributed by atoms with Crippen LogP contribution in [0.15, 0.2) is 65.1 Å². The minimum absolute atomic E-state index is 0.223. The number of aromatic hydroxyl groups is 1. The second kappa shape index (κ2) is 6.13. The van der Waals surface area contributed by atoms with Gasteiger partial charge >= 0.3 is 0 Å². The minimum atomic E-state index is 0.223. The summed E-state index contributed by atoms with van der Waals surface area (Å²) >= 11 is 3.59. The Bertz CT molecular complexity index is 1340. The number of halogens is 1. The van der Waals surface area contributed by atoms with Crippen molar-refractivity contribution in [2.75, 3.05) is 0 Å². The summed E-state index contributed by atoms with van der Waals surface area (Å²) in [4.78, 5) is 8.35. The average Bonchev–Trinajstić information content (AvgIpc) is 3.13. The smallest absolute Gasteiger partial charge is 0.154 e. The standard InChI is InChI=1S/C22H16BBrN2O/c1-23-12-6-8-14-15-9-7-13(24)11-18(15)21-20(17(14)10-12)25-22(26-21)16-4-2-3-5-19(16)27/h2-11,23,27H,1H3,(H,25,26). The molecule has 4 aromatic carbocycles. The maximum atomic E-state index is 10.3. The van der Waals surface area contributed by atoms with E-state index in [4.69, 9.17) is 4.98 Å². The Hall–Kier alpha value is -2.79. The number of hydrogen-bond acceptors (Lipinski definition) is 2. The van der Waals surface area contributed by atoms with Crippen LogP contribution in [0.3, 0.4) is 0 Å². The number of para-hydroxylation sites is 1. The van der Waals surface area contributed by atoms with Gasteiger partial charge in [0.15, 0.2) is 7.28 Å². The molecule has 0 saturated carbocycles. The van der Waals surface area contributed by atoms with E-state index >= 15 is 0 Å². The summed E-state index contributed by atoms with van der Waals surface area (Å²) in [6.07, 6.45) is 0. The first-order valence-corrected chi connectivity index (χ1v) is 9.77. The van der Waals surface area contributed by atoms with E-state index in [-0.39, 0.29) is 5.75 Å². The van der Waals surface area contributed by atoms with Gasteiger partial charge in [-0.25, -0.2) is 4.98 Å². The second-order valence-corrected chi connectivity index (χ2v) is 7.67. The van der Waals surface area contributed by atoms with E-state index in [1.807, 2.05) is 18.2 Å². The zero-order valence-electron chi connectivity index (χ0n) is 14.8. The van der Waals surface area contributed by atoms with Gasteiger partial charge in [-0.2, -0.15) is 0 Å². The zero-order chi connectivity index (χ0) is 18.5. The molecule has 5 rings (SSSR count). The molecule has 0 aliphatic heterocycles. The number of rotatable bonds is 2. The maximum absolute atomic E-state index is 10.3. The molecule has 130 valence electrons. The van der Waals surface area contributed by atoms with Crippen LogP contribution in [0.1, 0.15) is 0 Å². The van der Waals surface area contributed by atoms with Gasteiger partial charge < -0.3 is 10.1 Å². The molecule has 0 aliphatic carbocycles. The molecule has 0 unspecified atom stereocenters. The van der Waals surface area contributed by atoms with Crippen LogP contribution in [0.4, 0.5) is 0 Å². The lowest BCUT2D eigenvalue weighted by molar-refractivity contribution is 0.477. The number of nitrogens with one attached hydrogen (secondary N) is 1. The van der Waals surface area contributed by atoms with Crippen molar-refractivity contribution in [1.29, 1.82) is 0 Å². The minimum Gasteiger partial charge on any atom is -0.507 e. The molecule has 27 heavy (non-hydrogen) atoms. The summed E-state index contributed by atoms with van der Waals surface area (Å²) in [7, 11) is 0.982. The van der Waals surface area contributed by atoms with Gasteiger partial charge in [0.25, 0.3) is 0 Å². The fourth-order valence-corrected chi connectivity index (χ4v) is 4.13. The Balaban J connectivity index is 1.97. The molecule has 0 spiro atoms. The number of benzene rings is 4. The fraction of sp³-hybridized carbons (Fsp3) is 0.0455. The first kappa shape index (κ1) is 16.4. The molecule has 0 amide bonds. The zero-order valence-corrected chi connectivity index (χ0v) is 16.3. The highest BCUT2D eigenvalue weighted by Gasteiger charge is 2.16. The van der Waals surface area contributed by atoms with Crippen molar-refractivity contribution < 1.29 is 5.11 Å². The number of aromatic nitrogens is 2. The van der Waals surface area contributed by atoms with Crippen molar-refractivity contribution >= 4 is 61.3 Å². The molecule has 5 heteroatoms. The van der Waals surface area contributed by atoms with Gasteiger partial charge in [-0.3, -0.25) is 0 Å². The monoisotopic (exact) mass is 414 g/mol. The Morgan fingerprint density at radius 2 is 1.70 bits per heavy atom. The number of fused-ring (bicyclic) bond motifs is 6. The third kappa shape index (κ3) is 2.53. The number of hydrogen-bond donors (Lipinski definition) is 2. The van der Waals surface area contributed by atoms with Crippen LogP contribution in [-0.2, 0) is 0 Å². The summed E-state index contributed by atoms with van der Waals surface area (Å²) < 4.78 is 1.02. The van der Waals surface area contributed by atoms with Crippen LogP contribution in [0.2, 0.25) is 6.82 Å². The van der Waals surface area contributed by atoms with Crippen molar-refractivity contribution in [3.05, 3.63) is 65.1 Å². The van der Waals surface area contributed by atoms with Crippen LogP contribution in [-0.4, -0.2) is 22.4 Å². The van der Waals surface area contributed by atoms with E-state index in [0.29, 0.717) is 11.4 Å². The van der Waals surface area contributed by atoms with Crippen molar-refractivity contribution in [3.8, 4) is 17.1 Å². The van der Waals surface area contributed by atoms with E-state index < -0.39 is 0 Å². The van der Waals surface area contributed by atoms with Gasteiger partial charge in [0, 0.05) is 15.2 Å². The van der Waals surface area contributed by atoms with Crippen LogP contribution in [0.5, 0.6) is 5.75 Å². The Morgan fingerprint density at radius 3 is 2.52 bits per heavy atom. The van der Waals surface area contributed by atoms with Crippen molar-refractivity contribution in [2.45, 2.75) is 6.82 Å². The van der Waals surface area contributed by atoms with Gasteiger partial charge in [-0.05, 0) is 35.0 Å². The van der Waals surface area contributed by atoms with Crippen LogP contribution < -0.4 is 5.46 Å².